The summed E-state index contributed by atoms with van der Waals surface area (Å²) in [5.41, 5.74) is -3.31. The van der Waals surface area contributed by atoms with E-state index in [0.717, 1.165) is 0 Å². The van der Waals surface area contributed by atoms with Gasteiger partial charge < -0.3 is 5.11 Å². The Bertz CT molecular complexity index is 848. The van der Waals surface area contributed by atoms with Crippen LogP contribution in [0.5, 0.6) is 0 Å². The van der Waals surface area contributed by atoms with Crippen molar-refractivity contribution in [2.75, 3.05) is 15.2 Å². The minimum atomic E-state index is -4.76. The molecule has 0 radical (unpaired) electrons. The van der Waals surface area contributed by atoms with E-state index in [4.69, 9.17) is 5.11 Å². The lowest BCUT2D eigenvalue weighted by Gasteiger charge is -2.25. The van der Waals surface area contributed by atoms with Crippen LogP contribution in [-0.4, -0.2) is 39.4 Å². The number of halogens is 3. The normalized spacial score (nSPS) is 12.2. The van der Waals surface area contributed by atoms with Crippen LogP contribution in [0.1, 0.15) is 37.0 Å². The molecule has 0 spiro atoms. The molecule has 0 aliphatic rings. The molecule has 1 aromatic rings. The lowest BCUT2D eigenvalue weighted by atomic mass is 10.1. The molecule has 142 valence electrons. The van der Waals surface area contributed by atoms with Crippen LogP contribution in [0.15, 0.2) is 6.07 Å². The van der Waals surface area contributed by atoms with Crippen LogP contribution in [0.3, 0.4) is 0 Å². The number of hydrogen-bond acceptors (Lipinski definition) is 5. The number of carbonyl (C=O) groups is 1. The zero-order valence-corrected chi connectivity index (χ0v) is 14.9. The van der Waals surface area contributed by atoms with Crippen LogP contribution in [0, 0.1) is 17.5 Å². The van der Waals surface area contributed by atoms with Crippen molar-refractivity contribution in [1.82, 2.24) is 0 Å². The Labute approximate surface area is 143 Å². The molecule has 0 bridgehead atoms. The van der Waals surface area contributed by atoms with Crippen molar-refractivity contribution >= 4 is 31.7 Å². The second-order valence-electron chi connectivity index (χ2n) is 5.01. The van der Waals surface area contributed by atoms with Gasteiger partial charge in [-0.15, -0.1) is 0 Å². The molecule has 0 aromatic heterocycles. The number of hydrogen-bond donors (Lipinski definition) is 1. The summed E-state index contributed by atoms with van der Waals surface area (Å²) in [4.78, 5) is 11.0. The minimum Gasteiger partial charge on any atom is -0.477 e. The fraction of sp³-hybridized carbons (Fsp3) is 0.462. The van der Waals surface area contributed by atoms with Crippen LogP contribution in [0.25, 0.3) is 0 Å². The van der Waals surface area contributed by atoms with Gasteiger partial charge >= 0.3 is 5.97 Å². The molecule has 0 aliphatic carbocycles. The number of benzene rings is 1. The number of nitrogens with zero attached hydrogens (tertiary/aromatic N) is 1. The van der Waals surface area contributed by atoms with Crippen molar-refractivity contribution in [3.05, 3.63) is 29.1 Å². The monoisotopic (exact) mass is 403 g/mol. The molecule has 1 N–H and O–H groups in total. The van der Waals surface area contributed by atoms with E-state index in [2.05, 4.69) is 0 Å². The average Bonchev–Trinajstić information content (AvgIpc) is 2.41. The van der Waals surface area contributed by atoms with Crippen molar-refractivity contribution in [1.29, 1.82) is 0 Å². The molecular weight excluding hydrogens is 387 g/mol. The summed E-state index contributed by atoms with van der Waals surface area (Å²) in [5.74, 6) is -9.45. The molecule has 0 heterocycles. The Morgan fingerprint density at radius 2 is 1.44 bits per heavy atom. The average molecular weight is 403 g/mol. The molecule has 0 fully saturated rings. The molecule has 1 aromatic carbocycles. The summed E-state index contributed by atoms with van der Waals surface area (Å²) in [7, 11) is -9.51. The summed E-state index contributed by atoms with van der Waals surface area (Å²) in [6, 6.07) is -0.0716. The summed E-state index contributed by atoms with van der Waals surface area (Å²) in [6.45, 7) is 2.78. The van der Waals surface area contributed by atoms with Gasteiger partial charge in [0.15, 0.2) is 11.6 Å². The van der Waals surface area contributed by atoms with Gasteiger partial charge in [0.25, 0.3) is 0 Å². The fourth-order valence-corrected chi connectivity index (χ4v) is 6.16. The highest BCUT2D eigenvalue weighted by Gasteiger charge is 2.39. The summed E-state index contributed by atoms with van der Waals surface area (Å²) in [5, 5.41) is 8.84. The zero-order valence-electron chi connectivity index (χ0n) is 13.3. The zero-order chi connectivity index (χ0) is 19.6. The van der Waals surface area contributed by atoms with Gasteiger partial charge in [0, 0.05) is 6.07 Å². The highest BCUT2D eigenvalue weighted by atomic mass is 32.3. The third kappa shape index (κ3) is 4.24. The number of rotatable bonds is 8. The topological polar surface area (TPSA) is 109 Å². The molecule has 0 saturated heterocycles. The van der Waals surface area contributed by atoms with Gasteiger partial charge in [-0.25, -0.2) is 34.8 Å². The third-order valence-corrected chi connectivity index (χ3v) is 7.56. The van der Waals surface area contributed by atoms with Crippen molar-refractivity contribution in [2.24, 2.45) is 0 Å². The first-order valence-corrected chi connectivity index (χ1v) is 10.3. The van der Waals surface area contributed by atoms with Crippen molar-refractivity contribution in [2.45, 2.75) is 26.7 Å². The quantitative estimate of drug-likeness (QED) is 0.712. The predicted octanol–water partition coefficient (Wildman–Crippen LogP) is 2.09. The van der Waals surface area contributed by atoms with Gasteiger partial charge in [-0.05, 0) is 12.8 Å². The van der Waals surface area contributed by atoms with Crippen molar-refractivity contribution in [3.63, 3.8) is 0 Å². The van der Waals surface area contributed by atoms with E-state index >= 15 is 0 Å². The standard InChI is InChI=1S/C13H16F3NO6S2/c1-3-5-24(20,21)17(25(22,23)6-4-2)12-9(15)7-8(14)10(11(12)16)13(18)19/h7H,3-6H2,1-2H3,(H,18,19). The molecule has 1 rings (SSSR count). The summed E-state index contributed by atoms with van der Waals surface area (Å²) >= 11 is 0. The van der Waals surface area contributed by atoms with E-state index in [0.29, 0.717) is 0 Å². The molecule has 25 heavy (non-hydrogen) atoms. The lowest BCUT2D eigenvalue weighted by molar-refractivity contribution is 0.0686. The maximum absolute atomic E-state index is 14.4. The Morgan fingerprint density at radius 1 is 1.00 bits per heavy atom. The molecule has 7 nitrogen and oxygen atoms in total. The Morgan fingerprint density at radius 3 is 1.80 bits per heavy atom. The third-order valence-electron chi connectivity index (χ3n) is 2.97. The first-order chi connectivity index (χ1) is 11.4. The van der Waals surface area contributed by atoms with Crippen LogP contribution in [0.2, 0.25) is 0 Å². The van der Waals surface area contributed by atoms with Crippen molar-refractivity contribution < 1.29 is 39.9 Å². The Hall–Kier alpha value is -1.82. The number of aromatic carboxylic acids is 1. The highest BCUT2D eigenvalue weighted by molar-refractivity contribution is 8.10. The van der Waals surface area contributed by atoms with Crippen LogP contribution in [-0.2, 0) is 20.0 Å². The van der Waals surface area contributed by atoms with Gasteiger partial charge in [0.1, 0.15) is 17.1 Å². The second-order valence-corrected chi connectivity index (χ2v) is 9.12. The number of anilines is 1. The van der Waals surface area contributed by atoms with Gasteiger partial charge in [0.05, 0.1) is 11.5 Å². The Balaban J connectivity index is 3.91. The van der Waals surface area contributed by atoms with Crippen LogP contribution >= 0.6 is 0 Å². The molecular formula is C13H16F3NO6S2. The smallest absolute Gasteiger partial charge is 0.341 e. The fourth-order valence-electron chi connectivity index (χ4n) is 2.08. The summed E-state index contributed by atoms with van der Waals surface area (Å²) in [6.07, 6.45) is -0.145. The molecule has 0 unspecified atom stereocenters. The molecule has 0 amide bonds. The molecule has 12 heteroatoms. The molecule has 0 atom stereocenters. The minimum absolute atomic E-state index is 0.0716. The second kappa shape index (κ2) is 7.60. The van der Waals surface area contributed by atoms with E-state index in [1.807, 2.05) is 0 Å². The molecule has 0 saturated carbocycles. The van der Waals surface area contributed by atoms with E-state index in [-0.39, 0.29) is 18.9 Å². The van der Waals surface area contributed by atoms with Crippen LogP contribution < -0.4 is 3.71 Å². The van der Waals surface area contributed by atoms with Crippen molar-refractivity contribution in [3.8, 4) is 0 Å². The predicted molar refractivity (Wildman–Crippen MR) is 83.9 cm³/mol. The van der Waals surface area contributed by atoms with E-state index in [1.165, 1.54) is 13.8 Å². The summed E-state index contributed by atoms with van der Waals surface area (Å²) < 4.78 is 90.7. The first kappa shape index (κ1) is 21.2. The number of carboxylic acid groups (broad SMARTS) is 1. The van der Waals surface area contributed by atoms with E-state index in [9.17, 15) is 34.8 Å². The van der Waals surface area contributed by atoms with E-state index in [1.54, 1.807) is 0 Å². The highest BCUT2D eigenvalue weighted by Crippen LogP contribution is 2.33. The number of sulfonamides is 2. The maximum atomic E-state index is 14.4. The van der Waals surface area contributed by atoms with Gasteiger partial charge in [0.2, 0.25) is 20.0 Å². The van der Waals surface area contributed by atoms with Gasteiger partial charge in [-0.1, -0.05) is 13.8 Å². The van der Waals surface area contributed by atoms with E-state index < -0.39 is 69.9 Å². The Kier molecular flexibility index (Phi) is 6.45. The SMILES string of the molecule is CCCS(=O)(=O)N(c1c(F)cc(F)c(C(=O)O)c1F)S(=O)(=O)CCC. The maximum Gasteiger partial charge on any atom is 0.341 e. The lowest BCUT2D eigenvalue weighted by Crippen LogP contribution is -2.41. The number of carboxylic acids is 1. The van der Waals surface area contributed by atoms with Crippen LogP contribution in [0.4, 0.5) is 18.9 Å². The molecule has 0 aliphatic heterocycles. The van der Waals surface area contributed by atoms with Gasteiger partial charge in [-0.2, -0.15) is 3.71 Å². The largest absolute Gasteiger partial charge is 0.477 e. The van der Waals surface area contributed by atoms with Gasteiger partial charge in [-0.3, -0.25) is 0 Å². The first-order valence-electron chi connectivity index (χ1n) is 7.07.